The zero-order valence-corrected chi connectivity index (χ0v) is 20.2. The predicted octanol–water partition coefficient (Wildman–Crippen LogP) is 0.510. The Balaban J connectivity index is 2.28. The van der Waals surface area contributed by atoms with Crippen molar-refractivity contribution in [2.45, 2.75) is 45.5 Å². The van der Waals surface area contributed by atoms with Crippen LogP contribution in [-0.2, 0) is 33.4 Å². The predicted molar refractivity (Wildman–Crippen MR) is 121 cm³/mol. The summed E-state index contributed by atoms with van der Waals surface area (Å²) in [5.41, 5.74) is -0.214. The Labute approximate surface area is 198 Å². The van der Waals surface area contributed by atoms with Crippen LogP contribution in [0.2, 0.25) is 0 Å². The second-order valence-electron chi connectivity index (χ2n) is 8.73. The van der Waals surface area contributed by atoms with Gasteiger partial charge in [-0.3, -0.25) is 19.2 Å². The van der Waals surface area contributed by atoms with E-state index < -0.39 is 41.6 Å². The molecule has 0 aromatic heterocycles. The van der Waals surface area contributed by atoms with Crippen molar-refractivity contribution >= 4 is 35.3 Å². The highest BCUT2D eigenvalue weighted by Crippen LogP contribution is 2.24. The Kier molecular flexibility index (Phi) is 8.74. The molecular formula is C23H31N3O8. The van der Waals surface area contributed by atoms with E-state index in [1.807, 2.05) is 0 Å². The summed E-state index contributed by atoms with van der Waals surface area (Å²) in [6.45, 7) is 6.15. The number of carbonyl (C=O) groups excluding carboxylic acids is 5. The van der Waals surface area contributed by atoms with Crippen molar-refractivity contribution in [3.8, 4) is 0 Å². The molecule has 1 aromatic rings. The van der Waals surface area contributed by atoms with Crippen LogP contribution < -0.4 is 10.2 Å². The van der Waals surface area contributed by atoms with Crippen LogP contribution in [-0.4, -0.2) is 86.2 Å². The fourth-order valence-electron chi connectivity index (χ4n) is 3.24. The van der Waals surface area contributed by atoms with Gasteiger partial charge in [0.15, 0.2) is 6.10 Å². The Morgan fingerprint density at radius 1 is 1.26 bits per heavy atom. The molecule has 0 radical (unpaired) electrons. The van der Waals surface area contributed by atoms with E-state index >= 15 is 0 Å². The lowest BCUT2D eigenvalue weighted by atomic mass is 10.1. The molecule has 1 aliphatic rings. The Morgan fingerprint density at radius 3 is 2.53 bits per heavy atom. The molecule has 2 atom stereocenters. The van der Waals surface area contributed by atoms with E-state index in [0.717, 1.165) is 6.92 Å². The van der Waals surface area contributed by atoms with E-state index in [9.17, 15) is 24.0 Å². The number of ether oxygens (including phenoxy) is 3. The van der Waals surface area contributed by atoms with Gasteiger partial charge in [-0.25, -0.2) is 4.79 Å². The monoisotopic (exact) mass is 477 g/mol. The van der Waals surface area contributed by atoms with Crippen molar-refractivity contribution in [2.24, 2.45) is 0 Å². The lowest BCUT2D eigenvalue weighted by Gasteiger charge is -2.35. The van der Waals surface area contributed by atoms with E-state index in [4.69, 9.17) is 14.2 Å². The Bertz CT molecular complexity index is 956. The molecule has 1 N–H and O–H groups in total. The van der Waals surface area contributed by atoms with Gasteiger partial charge < -0.3 is 29.3 Å². The molecule has 0 saturated carbocycles. The standard InChI is InChI=1S/C23H31N3O8/c1-14(27)33-19(22(31)34-23(2,3)4)18-21(30)26(10-11-32-18)16-9-7-8-15(12-16)20(29)25(6)13-17(28)24-5/h7-9,12,18-19H,10-11,13H2,1-6H3,(H,24,28)/t18-,19-/m1/s1. The summed E-state index contributed by atoms with van der Waals surface area (Å²) in [5.74, 6) is -3.02. The minimum atomic E-state index is -1.59. The first-order valence-corrected chi connectivity index (χ1v) is 10.7. The molecule has 186 valence electrons. The van der Waals surface area contributed by atoms with Gasteiger partial charge in [0.05, 0.1) is 13.2 Å². The van der Waals surface area contributed by atoms with Crippen molar-refractivity contribution in [1.82, 2.24) is 10.2 Å². The highest BCUT2D eigenvalue weighted by atomic mass is 16.6. The number of esters is 2. The molecule has 2 rings (SSSR count). The Hall–Kier alpha value is -3.47. The quantitative estimate of drug-likeness (QED) is 0.562. The molecule has 0 aliphatic carbocycles. The van der Waals surface area contributed by atoms with Crippen molar-refractivity contribution in [1.29, 1.82) is 0 Å². The van der Waals surface area contributed by atoms with Crippen LogP contribution >= 0.6 is 0 Å². The van der Waals surface area contributed by atoms with Crippen molar-refractivity contribution < 1.29 is 38.2 Å². The number of morpholine rings is 1. The largest absolute Gasteiger partial charge is 0.457 e. The molecular weight excluding hydrogens is 446 g/mol. The van der Waals surface area contributed by atoms with E-state index in [-0.39, 0.29) is 31.2 Å². The van der Waals surface area contributed by atoms with Gasteiger partial charge in [0.25, 0.3) is 11.8 Å². The summed E-state index contributed by atoms with van der Waals surface area (Å²) >= 11 is 0. The average molecular weight is 478 g/mol. The van der Waals surface area contributed by atoms with Crippen molar-refractivity contribution in [2.75, 3.05) is 38.7 Å². The number of carbonyl (C=O) groups is 5. The number of hydrogen-bond donors (Lipinski definition) is 1. The minimum Gasteiger partial charge on any atom is -0.457 e. The number of benzene rings is 1. The number of nitrogens with one attached hydrogen (secondary N) is 1. The second-order valence-corrected chi connectivity index (χ2v) is 8.73. The molecule has 0 spiro atoms. The van der Waals surface area contributed by atoms with Gasteiger partial charge in [0, 0.05) is 38.8 Å². The highest BCUT2D eigenvalue weighted by molar-refractivity contribution is 6.02. The molecule has 11 heteroatoms. The third-order valence-corrected chi connectivity index (χ3v) is 4.74. The van der Waals surface area contributed by atoms with Gasteiger partial charge in [-0.2, -0.15) is 0 Å². The first-order chi connectivity index (χ1) is 15.8. The SMILES string of the molecule is CNC(=O)CN(C)C(=O)c1cccc(N2CCO[C@H]([C@@H](OC(C)=O)C(=O)OC(C)(C)C)C2=O)c1. The highest BCUT2D eigenvalue weighted by Gasteiger charge is 2.44. The maximum Gasteiger partial charge on any atom is 0.351 e. The maximum atomic E-state index is 13.3. The second kappa shape index (κ2) is 11.1. The first kappa shape index (κ1) is 26.8. The van der Waals surface area contributed by atoms with E-state index in [2.05, 4.69) is 5.32 Å². The lowest BCUT2D eigenvalue weighted by molar-refractivity contribution is -0.188. The third kappa shape index (κ3) is 7.01. The summed E-state index contributed by atoms with van der Waals surface area (Å²) in [7, 11) is 2.97. The smallest absolute Gasteiger partial charge is 0.351 e. The Morgan fingerprint density at radius 2 is 1.94 bits per heavy atom. The summed E-state index contributed by atoms with van der Waals surface area (Å²) in [4.78, 5) is 64.5. The van der Waals surface area contributed by atoms with Crippen LogP contribution in [0.25, 0.3) is 0 Å². The zero-order chi connectivity index (χ0) is 25.6. The molecule has 0 unspecified atom stereocenters. The summed E-state index contributed by atoms with van der Waals surface area (Å²) in [6.07, 6.45) is -3.00. The zero-order valence-electron chi connectivity index (χ0n) is 20.2. The van der Waals surface area contributed by atoms with Crippen LogP contribution in [0.5, 0.6) is 0 Å². The number of amides is 3. The molecule has 1 heterocycles. The number of nitrogens with zero attached hydrogens (tertiary/aromatic N) is 2. The molecule has 34 heavy (non-hydrogen) atoms. The normalized spacial score (nSPS) is 16.9. The fourth-order valence-corrected chi connectivity index (χ4v) is 3.24. The van der Waals surface area contributed by atoms with Crippen LogP contribution in [0.1, 0.15) is 38.1 Å². The van der Waals surface area contributed by atoms with E-state index in [1.165, 1.54) is 30.0 Å². The van der Waals surface area contributed by atoms with Gasteiger partial charge in [0.1, 0.15) is 5.60 Å². The number of hydrogen-bond acceptors (Lipinski definition) is 8. The number of rotatable bonds is 7. The summed E-state index contributed by atoms with van der Waals surface area (Å²) in [5, 5.41) is 2.45. The first-order valence-electron chi connectivity index (χ1n) is 10.7. The van der Waals surface area contributed by atoms with E-state index in [0.29, 0.717) is 5.69 Å². The van der Waals surface area contributed by atoms with E-state index in [1.54, 1.807) is 39.0 Å². The number of anilines is 1. The summed E-state index contributed by atoms with van der Waals surface area (Å²) < 4.78 is 15.9. The minimum absolute atomic E-state index is 0.0612. The molecule has 1 aliphatic heterocycles. The summed E-state index contributed by atoms with van der Waals surface area (Å²) in [6, 6.07) is 6.31. The average Bonchev–Trinajstić information content (AvgIpc) is 2.76. The van der Waals surface area contributed by atoms with Gasteiger partial charge >= 0.3 is 11.9 Å². The van der Waals surface area contributed by atoms with Crippen molar-refractivity contribution in [3.05, 3.63) is 29.8 Å². The topological polar surface area (TPSA) is 132 Å². The lowest BCUT2D eigenvalue weighted by Crippen LogP contribution is -2.56. The maximum absolute atomic E-state index is 13.3. The van der Waals surface area contributed by atoms with Gasteiger partial charge in [-0.05, 0) is 39.0 Å². The molecule has 0 bridgehead atoms. The molecule has 1 saturated heterocycles. The molecule has 1 aromatic carbocycles. The third-order valence-electron chi connectivity index (χ3n) is 4.74. The van der Waals surface area contributed by atoms with Crippen LogP contribution in [0.3, 0.4) is 0 Å². The van der Waals surface area contributed by atoms with Crippen LogP contribution in [0, 0.1) is 0 Å². The fraction of sp³-hybridized carbons (Fsp3) is 0.522. The molecule has 1 fully saturated rings. The molecule has 3 amide bonds. The number of likely N-dealkylation sites (N-methyl/N-ethyl adjacent to an activating group) is 2. The van der Waals surface area contributed by atoms with Crippen LogP contribution in [0.15, 0.2) is 24.3 Å². The van der Waals surface area contributed by atoms with Gasteiger partial charge in [0.2, 0.25) is 12.0 Å². The van der Waals surface area contributed by atoms with Gasteiger partial charge in [-0.15, -0.1) is 0 Å². The van der Waals surface area contributed by atoms with Crippen LogP contribution in [0.4, 0.5) is 5.69 Å². The molecule has 11 nitrogen and oxygen atoms in total. The van der Waals surface area contributed by atoms with Crippen molar-refractivity contribution in [3.63, 3.8) is 0 Å². The van der Waals surface area contributed by atoms with Gasteiger partial charge in [-0.1, -0.05) is 6.07 Å².